The van der Waals surface area contributed by atoms with E-state index < -0.39 is 4.92 Å². The molecule has 0 aromatic heterocycles. The van der Waals surface area contributed by atoms with E-state index >= 15 is 0 Å². The summed E-state index contributed by atoms with van der Waals surface area (Å²) >= 11 is 0. The number of rotatable bonds is 2. The topological polar surface area (TPSA) is 95.2 Å². The van der Waals surface area contributed by atoms with Gasteiger partial charge in [-0.3, -0.25) is 14.9 Å². The monoisotopic (exact) mass is 182 g/mol. The molecule has 0 spiro atoms. The van der Waals surface area contributed by atoms with Crippen molar-refractivity contribution < 1.29 is 9.72 Å². The number of ketones is 1. The lowest BCUT2D eigenvalue weighted by atomic mass is 10.1. The van der Waals surface area contributed by atoms with E-state index in [9.17, 15) is 14.9 Å². The smallest absolute Gasteiger partial charge is 0.269 e. The summed E-state index contributed by atoms with van der Waals surface area (Å²) in [7, 11) is 0. The van der Waals surface area contributed by atoms with Gasteiger partial charge in [0.1, 0.15) is 0 Å². The predicted molar refractivity (Wildman–Crippen MR) is 48.1 cm³/mol. The normalized spacial score (nSPS) is 8.69. The van der Waals surface area contributed by atoms with Crippen LogP contribution < -0.4 is 6.15 Å². The first-order valence-electron chi connectivity index (χ1n) is 3.36. The first kappa shape index (κ1) is 11.2. The third-order valence-electron chi connectivity index (χ3n) is 1.48. The van der Waals surface area contributed by atoms with Gasteiger partial charge in [0.25, 0.3) is 5.69 Å². The molecule has 0 aliphatic carbocycles. The Balaban J connectivity index is 0.00000144. The summed E-state index contributed by atoms with van der Waals surface area (Å²) in [6.45, 7) is 1.42. The van der Waals surface area contributed by atoms with Crippen molar-refractivity contribution in [2.45, 2.75) is 6.92 Å². The number of nitrogens with zero attached hydrogens (tertiary/aromatic N) is 1. The van der Waals surface area contributed by atoms with Crippen LogP contribution in [0.1, 0.15) is 17.3 Å². The van der Waals surface area contributed by atoms with E-state index in [0.29, 0.717) is 5.56 Å². The molecule has 0 fully saturated rings. The Labute approximate surface area is 75.1 Å². The Morgan fingerprint density at radius 2 is 1.77 bits per heavy atom. The van der Waals surface area contributed by atoms with Crippen LogP contribution in [0.4, 0.5) is 5.69 Å². The summed E-state index contributed by atoms with van der Waals surface area (Å²) in [5.41, 5.74) is 0.487. The molecule has 0 atom stereocenters. The average Bonchev–Trinajstić information content (AvgIpc) is 2.04. The van der Waals surface area contributed by atoms with E-state index in [1.807, 2.05) is 0 Å². The Kier molecular flexibility index (Phi) is 3.74. The molecule has 0 aliphatic heterocycles. The second-order valence-corrected chi connectivity index (χ2v) is 2.36. The maximum absolute atomic E-state index is 10.8. The maximum Gasteiger partial charge on any atom is 0.269 e. The van der Waals surface area contributed by atoms with E-state index in [2.05, 4.69) is 0 Å². The summed E-state index contributed by atoms with van der Waals surface area (Å²) < 4.78 is 0. The van der Waals surface area contributed by atoms with Gasteiger partial charge in [0.2, 0.25) is 0 Å². The van der Waals surface area contributed by atoms with Gasteiger partial charge in [0, 0.05) is 17.7 Å². The highest BCUT2D eigenvalue weighted by molar-refractivity contribution is 5.94. The number of benzene rings is 1. The van der Waals surface area contributed by atoms with Crippen molar-refractivity contribution in [2.75, 3.05) is 0 Å². The zero-order chi connectivity index (χ0) is 9.14. The van der Waals surface area contributed by atoms with Gasteiger partial charge in [-0.25, -0.2) is 0 Å². The fourth-order valence-corrected chi connectivity index (χ4v) is 0.818. The van der Waals surface area contributed by atoms with Gasteiger partial charge in [0.15, 0.2) is 5.78 Å². The standard InChI is InChI=1S/C8H7NO3.H3N/c1-6(10)7-2-4-8(5-3-7)9(11)12;/h2-5H,1H3;1H3. The quantitative estimate of drug-likeness (QED) is 0.429. The fraction of sp³-hybridized carbons (Fsp3) is 0.125. The number of nitro benzene ring substituents is 1. The lowest BCUT2D eigenvalue weighted by Crippen LogP contribution is -1.92. The molecule has 0 amide bonds. The third kappa shape index (κ3) is 2.64. The molecule has 0 radical (unpaired) electrons. The highest BCUT2D eigenvalue weighted by atomic mass is 16.6. The molecule has 5 nitrogen and oxygen atoms in total. The zero-order valence-electron chi connectivity index (χ0n) is 7.19. The van der Waals surface area contributed by atoms with Crippen LogP contribution in [0.15, 0.2) is 24.3 Å². The van der Waals surface area contributed by atoms with Crippen LogP contribution >= 0.6 is 0 Å². The van der Waals surface area contributed by atoms with Gasteiger partial charge in [-0.15, -0.1) is 0 Å². The van der Waals surface area contributed by atoms with E-state index in [1.54, 1.807) is 0 Å². The lowest BCUT2D eigenvalue weighted by molar-refractivity contribution is -0.384. The maximum atomic E-state index is 10.8. The number of hydrogen-bond acceptors (Lipinski definition) is 4. The molecule has 0 saturated heterocycles. The van der Waals surface area contributed by atoms with E-state index in [-0.39, 0.29) is 17.6 Å². The number of Topliss-reactive ketones (excluding diaryl/α,β-unsaturated/α-hetero) is 1. The van der Waals surface area contributed by atoms with Crippen molar-refractivity contribution >= 4 is 11.5 Å². The Bertz CT molecular complexity index is 286. The van der Waals surface area contributed by atoms with Crippen LogP contribution in [0, 0.1) is 10.1 Å². The Morgan fingerprint density at radius 3 is 2.08 bits per heavy atom. The number of non-ortho nitro benzene ring substituents is 1. The minimum Gasteiger partial charge on any atom is -0.344 e. The van der Waals surface area contributed by atoms with Gasteiger partial charge in [-0.2, -0.15) is 0 Å². The number of hydrogen-bond donors (Lipinski definition) is 1. The summed E-state index contributed by atoms with van der Waals surface area (Å²) in [6, 6.07) is 5.52. The molecule has 0 unspecified atom stereocenters. The van der Waals surface area contributed by atoms with Crippen molar-refractivity contribution in [1.29, 1.82) is 0 Å². The van der Waals surface area contributed by atoms with Gasteiger partial charge in [0.05, 0.1) is 4.92 Å². The van der Waals surface area contributed by atoms with Crippen molar-refractivity contribution in [2.24, 2.45) is 0 Å². The summed E-state index contributed by atoms with van der Waals surface area (Å²) in [5.74, 6) is -0.0927. The molecule has 1 aromatic carbocycles. The van der Waals surface area contributed by atoms with Crippen LogP contribution in [0.3, 0.4) is 0 Å². The molecule has 1 rings (SSSR count). The largest absolute Gasteiger partial charge is 0.344 e. The van der Waals surface area contributed by atoms with Crippen LogP contribution in [0.25, 0.3) is 0 Å². The highest BCUT2D eigenvalue weighted by Crippen LogP contribution is 2.11. The molecule has 0 aliphatic rings. The highest BCUT2D eigenvalue weighted by Gasteiger charge is 2.05. The van der Waals surface area contributed by atoms with Crippen LogP contribution in [-0.4, -0.2) is 10.7 Å². The van der Waals surface area contributed by atoms with Crippen molar-refractivity contribution in [3.63, 3.8) is 0 Å². The molecule has 13 heavy (non-hydrogen) atoms. The van der Waals surface area contributed by atoms with Gasteiger partial charge < -0.3 is 6.15 Å². The third-order valence-corrected chi connectivity index (χ3v) is 1.48. The number of carbonyl (C=O) groups is 1. The van der Waals surface area contributed by atoms with Gasteiger partial charge in [-0.05, 0) is 19.1 Å². The molecule has 0 bridgehead atoms. The van der Waals surface area contributed by atoms with E-state index in [0.717, 1.165) is 0 Å². The Morgan fingerprint density at radius 1 is 1.31 bits per heavy atom. The summed E-state index contributed by atoms with van der Waals surface area (Å²) in [4.78, 5) is 20.5. The predicted octanol–water partition coefficient (Wildman–Crippen LogP) is 1.96. The molecule has 0 heterocycles. The SMILES string of the molecule is CC(=O)c1ccc([N+](=O)[O-])cc1.N. The average molecular weight is 182 g/mol. The zero-order valence-corrected chi connectivity index (χ0v) is 7.19. The second-order valence-electron chi connectivity index (χ2n) is 2.36. The number of carbonyl (C=O) groups excluding carboxylic acids is 1. The van der Waals surface area contributed by atoms with Crippen LogP contribution in [0.5, 0.6) is 0 Å². The van der Waals surface area contributed by atoms with Crippen molar-refractivity contribution in [3.05, 3.63) is 39.9 Å². The first-order valence-corrected chi connectivity index (χ1v) is 3.36. The lowest BCUT2D eigenvalue weighted by Gasteiger charge is -1.93. The summed E-state index contributed by atoms with van der Waals surface area (Å²) in [5, 5.41) is 10.2. The second kappa shape index (κ2) is 4.32. The number of nitro groups is 1. The minimum absolute atomic E-state index is 0. The first-order chi connectivity index (χ1) is 5.61. The molecular formula is C8H10N2O3. The molecule has 5 heteroatoms. The van der Waals surface area contributed by atoms with Crippen LogP contribution in [-0.2, 0) is 0 Å². The molecule has 0 saturated carbocycles. The van der Waals surface area contributed by atoms with Crippen molar-refractivity contribution in [1.82, 2.24) is 6.15 Å². The van der Waals surface area contributed by atoms with E-state index in [1.165, 1.54) is 31.2 Å². The van der Waals surface area contributed by atoms with Crippen molar-refractivity contribution in [3.8, 4) is 0 Å². The molecular weight excluding hydrogens is 172 g/mol. The molecule has 3 N–H and O–H groups in total. The molecule has 70 valence electrons. The summed E-state index contributed by atoms with van der Waals surface area (Å²) in [6.07, 6.45) is 0. The minimum atomic E-state index is -0.496. The van der Waals surface area contributed by atoms with Gasteiger partial charge in [-0.1, -0.05) is 0 Å². The Hall–Kier alpha value is -1.75. The van der Waals surface area contributed by atoms with E-state index in [4.69, 9.17) is 0 Å². The van der Waals surface area contributed by atoms with Crippen LogP contribution in [0.2, 0.25) is 0 Å². The fourth-order valence-electron chi connectivity index (χ4n) is 0.818. The molecule has 1 aromatic rings. The van der Waals surface area contributed by atoms with Gasteiger partial charge >= 0.3 is 0 Å².